The molecule has 10 heavy (non-hydrogen) atoms. The molecule has 0 aromatic heterocycles. The maximum Gasteiger partial charge on any atom is 0.0776 e. The van der Waals surface area contributed by atoms with E-state index in [2.05, 4.69) is 13.1 Å². The maximum absolute atomic E-state index is 11.1. The second-order valence-corrected chi connectivity index (χ2v) is 9.55. The van der Waals surface area contributed by atoms with Crippen molar-refractivity contribution in [3.8, 4) is 0 Å². The van der Waals surface area contributed by atoms with Crippen LogP contribution in [0.3, 0.4) is 0 Å². The van der Waals surface area contributed by atoms with E-state index in [1.807, 2.05) is 0 Å². The molecule has 1 rings (SSSR count). The molecule has 0 aromatic carbocycles. The second kappa shape index (κ2) is 2.99. The van der Waals surface area contributed by atoms with Crippen LogP contribution in [0.1, 0.15) is 6.42 Å². The van der Waals surface area contributed by atoms with Crippen LogP contribution in [0, 0.1) is 0 Å². The van der Waals surface area contributed by atoms with E-state index in [1.54, 1.807) is 0 Å². The van der Waals surface area contributed by atoms with Crippen molar-refractivity contribution in [2.24, 2.45) is 0 Å². The van der Waals surface area contributed by atoms with Gasteiger partial charge in [0, 0.05) is 8.07 Å². The largest absolute Gasteiger partial charge is 0.637 e. The molecule has 3 heteroatoms. The highest BCUT2D eigenvalue weighted by atomic mass is 28.3. The minimum atomic E-state index is -0.883. The van der Waals surface area contributed by atoms with Gasteiger partial charge in [-0.1, -0.05) is 31.6 Å². The molecule has 0 bridgehead atoms. The van der Waals surface area contributed by atoms with Gasteiger partial charge in [-0.25, -0.2) is 0 Å². The van der Waals surface area contributed by atoms with Crippen LogP contribution in [0.15, 0.2) is 0 Å². The average Bonchev–Trinajstić information content (AvgIpc) is 1.94. The number of rotatable bonds is 0. The molecule has 0 saturated carbocycles. The van der Waals surface area contributed by atoms with Crippen LogP contribution in [0.25, 0.3) is 0 Å². The van der Waals surface area contributed by atoms with E-state index in [4.69, 9.17) is 0 Å². The van der Waals surface area contributed by atoms with Crippen molar-refractivity contribution in [2.75, 3.05) is 0 Å². The van der Waals surface area contributed by atoms with Gasteiger partial charge in [0.15, 0.2) is 0 Å². The van der Waals surface area contributed by atoms with Crippen molar-refractivity contribution in [3.05, 3.63) is 0 Å². The van der Waals surface area contributed by atoms with Crippen molar-refractivity contribution in [2.45, 2.75) is 44.2 Å². The molecule has 1 heterocycles. The first-order valence-corrected chi connectivity index (χ1v) is 7.67. The Bertz CT molecular complexity index is 145. The van der Waals surface area contributed by atoms with Crippen LogP contribution < -0.4 is 0 Å². The highest BCUT2D eigenvalue weighted by Gasteiger charge is 2.20. The van der Waals surface area contributed by atoms with Crippen LogP contribution in [0.2, 0.25) is 37.8 Å². The molecular formula is C7H16BOSi-. The fourth-order valence-corrected chi connectivity index (χ4v) is 4.14. The quantitative estimate of drug-likeness (QED) is 0.491. The Kier molecular flexibility index (Phi) is 2.45. The summed E-state index contributed by atoms with van der Waals surface area (Å²) in [4.78, 5) is 0. The van der Waals surface area contributed by atoms with Crippen LogP contribution >= 0.6 is 0 Å². The highest BCUT2D eigenvalue weighted by Crippen LogP contribution is 2.25. The normalized spacial score (nSPS) is 26.0. The molecule has 1 aliphatic heterocycles. The molecule has 1 aliphatic rings. The van der Waals surface area contributed by atoms with E-state index in [0.29, 0.717) is 0 Å². The van der Waals surface area contributed by atoms with Gasteiger partial charge in [0.05, 0.1) is 6.58 Å². The van der Waals surface area contributed by atoms with E-state index in [0.717, 1.165) is 12.6 Å². The zero-order valence-corrected chi connectivity index (χ0v) is 8.02. The van der Waals surface area contributed by atoms with Crippen LogP contribution in [0.4, 0.5) is 0 Å². The summed E-state index contributed by atoms with van der Waals surface area (Å²) in [5.74, 6) is 0. The molecule has 0 aromatic rings. The van der Waals surface area contributed by atoms with Gasteiger partial charge >= 0.3 is 0 Å². The Morgan fingerprint density at radius 2 is 1.90 bits per heavy atom. The Labute approximate surface area is 64.3 Å². The Morgan fingerprint density at radius 3 is 2.60 bits per heavy atom. The molecule has 0 aliphatic carbocycles. The van der Waals surface area contributed by atoms with E-state index < -0.39 is 8.07 Å². The summed E-state index contributed by atoms with van der Waals surface area (Å²) < 4.78 is 11.1. The fourth-order valence-electron chi connectivity index (χ4n) is 1.63. The van der Waals surface area contributed by atoms with E-state index in [1.165, 1.54) is 18.5 Å². The Hall–Kier alpha value is 0.0818. The lowest BCUT2D eigenvalue weighted by Crippen LogP contribution is -2.22. The summed E-state index contributed by atoms with van der Waals surface area (Å²) in [5.41, 5.74) is 0. The van der Waals surface area contributed by atoms with Crippen molar-refractivity contribution in [1.82, 2.24) is 0 Å². The summed E-state index contributed by atoms with van der Waals surface area (Å²) in [6, 6.07) is 2.65. The Morgan fingerprint density at radius 1 is 1.20 bits per heavy atom. The molecule has 0 N–H and O–H groups in total. The lowest BCUT2D eigenvalue weighted by molar-refractivity contribution is 0.559. The van der Waals surface area contributed by atoms with Gasteiger partial charge in [0.1, 0.15) is 0 Å². The summed E-state index contributed by atoms with van der Waals surface area (Å²) in [6.45, 7) is 4.59. The third kappa shape index (κ3) is 2.37. The molecule has 1 fully saturated rings. The topological polar surface area (TPSA) is 17.1 Å². The molecule has 0 spiro atoms. The Balaban J connectivity index is 2.48. The van der Waals surface area contributed by atoms with Gasteiger partial charge < -0.3 is 4.70 Å². The van der Waals surface area contributed by atoms with Gasteiger partial charge in [-0.3, -0.25) is 0 Å². The SMILES string of the molecule is C[Si]1(C)CCC[B-](=O)CC1. The van der Waals surface area contributed by atoms with Crippen molar-refractivity contribution in [1.29, 1.82) is 0 Å². The summed E-state index contributed by atoms with van der Waals surface area (Å²) in [6.07, 6.45) is 3.10. The summed E-state index contributed by atoms with van der Waals surface area (Å²) in [7, 11) is -0.883. The van der Waals surface area contributed by atoms with Crippen molar-refractivity contribution < 1.29 is 4.70 Å². The smallest absolute Gasteiger partial charge is 0.0776 e. The number of hydrogen-bond donors (Lipinski definition) is 0. The van der Waals surface area contributed by atoms with E-state index in [-0.39, 0.29) is 6.58 Å². The van der Waals surface area contributed by atoms with Crippen LogP contribution in [-0.4, -0.2) is 14.7 Å². The first-order valence-electron chi connectivity index (χ1n) is 4.26. The molecule has 58 valence electrons. The van der Waals surface area contributed by atoms with Gasteiger partial charge in [-0.05, 0) is 0 Å². The molecule has 0 unspecified atom stereocenters. The fraction of sp³-hybridized carbons (Fsp3) is 1.00. The third-order valence-electron chi connectivity index (χ3n) is 2.52. The molecule has 0 atom stereocenters. The predicted molar refractivity (Wildman–Crippen MR) is 47.8 cm³/mol. The molecule has 1 saturated heterocycles. The summed E-state index contributed by atoms with van der Waals surface area (Å²) >= 11 is 0. The lowest BCUT2D eigenvalue weighted by atomic mass is 9.66. The van der Waals surface area contributed by atoms with Gasteiger partial charge in [0.25, 0.3) is 0 Å². The van der Waals surface area contributed by atoms with Gasteiger partial charge in [0.2, 0.25) is 0 Å². The maximum atomic E-state index is 11.1. The minimum Gasteiger partial charge on any atom is -0.637 e. The third-order valence-corrected chi connectivity index (χ3v) is 5.87. The first-order chi connectivity index (χ1) is 4.60. The van der Waals surface area contributed by atoms with E-state index in [9.17, 15) is 4.70 Å². The minimum absolute atomic E-state index is 0.228. The monoisotopic (exact) mass is 155 g/mol. The van der Waals surface area contributed by atoms with Crippen LogP contribution in [0.5, 0.6) is 0 Å². The van der Waals surface area contributed by atoms with Crippen molar-refractivity contribution >= 4 is 14.7 Å². The van der Waals surface area contributed by atoms with E-state index >= 15 is 0 Å². The molecule has 0 amide bonds. The predicted octanol–water partition coefficient (Wildman–Crippen LogP) is 2.52. The zero-order chi connectivity index (χ0) is 7.61. The average molecular weight is 155 g/mol. The number of hydrogen-bond acceptors (Lipinski definition) is 1. The first kappa shape index (κ1) is 8.18. The molecule has 0 radical (unpaired) electrons. The summed E-state index contributed by atoms with van der Waals surface area (Å²) in [5, 5.41) is 0. The zero-order valence-electron chi connectivity index (χ0n) is 7.02. The lowest BCUT2D eigenvalue weighted by Gasteiger charge is -2.19. The molecular weight excluding hydrogens is 139 g/mol. The second-order valence-electron chi connectivity index (χ2n) is 4.22. The van der Waals surface area contributed by atoms with Gasteiger partial charge in [-0.15, -0.1) is 0 Å². The van der Waals surface area contributed by atoms with Gasteiger partial charge in [-0.2, -0.15) is 12.6 Å². The standard InChI is InChI=1S/C7H16BOSi/c1-10(2)6-3-4-8(9)5-7-10/h3-7H2,1-2H3/q-1. The molecule has 1 nitrogen and oxygen atoms in total. The van der Waals surface area contributed by atoms with Crippen molar-refractivity contribution in [3.63, 3.8) is 0 Å². The van der Waals surface area contributed by atoms with Crippen LogP contribution in [-0.2, 0) is 4.70 Å². The highest BCUT2D eigenvalue weighted by molar-refractivity contribution is 6.78.